The minimum absolute atomic E-state index is 0.570. The smallest absolute Gasteiger partial charge is 0.128 e. The maximum absolute atomic E-state index is 10.7. The van der Waals surface area contributed by atoms with Gasteiger partial charge < -0.3 is 14.6 Å². The molecule has 1 aliphatic heterocycles. The summed E-state index contributed by atoms with van der Waals surface area (Å²) in [4.78, 5) is 0. The van der Waals surface area contributed by atoms with E-state index < -0.39 is 6.10 Å². The summed E-state index contributed by atoms with van der Waals surface area (Å²) in [6, 6.07) is 11.1. The number of hydrogen-bond acceptors (Lipinski definition) is 3. The van der Waals surface area contributed by atoms with E-state index in [9.17, 15) is 5.11 Å². The van der Waals surface area contributed by atoms with Crippen LogP contribution in [0.3, 0.4) is 0 Å². The summed E-state index contributed by atoms with van der Waals surface area (Å²) in [5.41, 5.74) is 2.58. The monoisotopic (exact) mass is 290 g/mol. The van der Waals surface area contributed by atoms with E-state index in [0.717, 1.165) is 23.3 Å². The van der Waals surface area contributed by atoms with Crippen LogP contribution in [0.4, 0.5) is 0 Å². The van der Waals surface area contributed by atoms with E-state index >= 15 is 0 Å². The normalized spacial score (nSPS) is 14.6. The van der Waals surface area contributed by atoms with E-state index in [4.69, 9.17) is 21.1 Å². The molecule has 2 aromatic rings. The second kappa shape index (κ2) is 5.35. The molecule has 0 spiro atoms. The van der Waals surface area contributed by atoms with Gasteiger partial charge >= 0.3 is 0 Å². The third-order valence-electron chi connectivity index (χ3n) is 3.53. The van der Waals surface area contributed by atoms with Gasteiger partial charge in [0.2, 0.25) is 0 Å². The number of aliphatic hydroxyl groups is 1. The summed E-state index contributed by atoms with van der Waals surface area (Å²) in [6.45, 7) is 0.664. The molecule has 1 N–H and O–H groups in total. The Bertz CT molecular complexity index is 640. The van der Waals surface area contributed by atoms with Crippen LogP contribution in [0, 0.1) is 0 Å². The zero-order valence-corrected chi connectivity index (χ0v) is 11.9. The van der Waals surface area contributed by atoms with Crippen LogP contribution in [0.25, 0.3) is 0 Å². The molecular weight excluding hydrogens is 276 g/mol. The van der Waals surface area contributed by atoms with Gasteiger partial charge in [-0.25, -0.2) is 0 Å². The van der Waals surface area contributed by atoms with Crippen molar-refractivity contribution in [1.82, 2.24) is 0 Å². The number of methoxy groups -OCH3 is 1. The van der Waals surface area contributed by atoms with Crippen LogP contribution >= 0.6 is 11.6 Å². The molecule has 0 radical (unpaired) electrons. The van der Waals surface area contributed by atoms with Gasteiger partial charge in [-0.2, -0.15) is 0 Å². The maximum atomic E-state index is 10.7. The highest BCUT2D eigenvalue weighted by atomic mass is 35.5. The topological polar surface area (TPSA) is 38.7 Å². The Morgan fingerprint density at radius 1 is 1.25 bits per heavy atom. The van der Waals surface area contributed by atoms with Crippen molar-refractivity contribution in [2.45, 2.75) is 12.5 Å². The lowest BCUT2D eigenvalue weighted by Crippen LogP contribution is -2.04. The summed E-state index contributed by atoms with van der Waals surface area (Å²) < 4.78 is 10.9. The molecule has 104 valence electrons. The van der Waals surface area contributed by atoms with Crippen molar-refractivity contribution in [2.24, 2.45) is 0 Å². The van der Waals surface area contributed by atoms with Crippen molar-refractivity contribution in [1.29, 1.82) is 0 Å². The third-order valence-corrected chi connectivity index (χ3v) is 3.76. The number of hydrogen-bond donors (Lipinski definition) is 1. The Labute approximate surface area is 122 Å². The van der Waals surface area contributed by atoms with Crippen molar-refractivity contribution in [2.75, 3.05) is 13.7 Å². The lowest BCUT2D eigenvalue weighted by atomic mass is 9.97. The van der Waals surface area contributed by atoms with Gasteiger partial charge in [0.1, 0.15) is 17.6 Å². The van der Waals surface area contributed by atoms with Crippen LogP contribution in [0.2, 0.25) is 5.02 Å². The largest absolute Gasteiger partial charge is 0.496 e. The molecule has 0 aromatic heterocycles. The van der Waals surface area contributed by atoms with Crippen molar-refractivity contribution < 1.29 is 14.6 Å². The first kappa shape index (κ1) is 13.3. The van der Waals surface area contributed by atoms with Gasteiger partial charge in [0, 0.05) is 22.6 Å². The van der Waals surface area contributed by atoms with E-state index in [2.05, 4.69) is 0 Å². The molecule has 0 fully saturated rings. The predicted molar refractivity (Wildman–Crippen MR) is 77.7 cm³/mol. The number of ether oxygens (including phenoxy) is 2. The molecule has 3 nitrogen and oxygen atoms in total. The zero-order valence-electron chi connectivity index (χ0n) is 11.1. The van der Waals surface area contributed by atoms with E-state index in [1.807, 2.05) is 18.2 Å². The van der Waals surface area contributed by atoms with Gasteiger partial charge in [0.15, 0.2) is 0 Å². The average Bonchev–Trinajstić information content (AvgIpc) is 2.94. The molecule has 1 unspecified atom stereocenters. The number of para-hydroxylation sites is 1. The second-order valence-corrected chi connectivity index (χ2v) is 5.16. The minimum atomic E-state index is -0.796. The van der Waals surface area contributed by atoms with Crippen molar-refractivity contribution in [3.63, 3.8) is 0 Å². The minimum Gasteiger partial charge on any atom is -0.496 e. The molecule has 1 heterocycles. The second-order valence-electron chi connectivity index (χ2n) is 4.72. The molecule has 3 rings (SSSR count). The summed E-state index contributed by atoms with van der Waals surface area (Å²) in [5.74, 6) is 1.36. The molecule has 0 amide bonds. The molecule has 1 aliphatic rings. The van der Waals surface area contributed by atoms with Crippen LogP contribution in [0.15, 0.2) is 36.4 Å². The summed E-state index contributed by atoms with van der Waals surface area (Å²) in [7, 11) is 1.56. The molecule has 1 atom stereocenters. The first-order valence-corrected chi connectivity index (χ1v) is 6.84. The fourth-order valence-electron chi connectivity index (χ4n) is 2.53. The molecule has 2 aromatic carbocycles. The molecular formula is C16H15ClO3. The Balaban J connectivity index is 2.05. The fraction of sp³-hybridized carbons (Fsp3) is 0.250. The first-order valence-electron chi connectivity index (χ1n) is 6.47. The average molecular weight is 291 g/mol. The summed E-state index contributed by atoms with van der Waals surface area (Å²) in [5, 5.41) is 11.2. The van der Waals surface area contributed by atoms with E-state index in [0.29, 0.717) is 22.9 Å². The van der Waals surface area contributed by atoms with Gasteiger partial charge in [-0.3, -0.25) is 0 Å². The SMILES string of the molecule is COc1cc(Cl)ccc1C(O)c1cccc2c1OCC2. The molecule has 0 saturated carbocycles. The van der Waals surface area contributed by atoms with Gasteiger partial charge in [0.25, 0.3) is 0 Å². The van der Waals surface area contributed by atoms with Gasteiger partial charge in [0.05, 0.1) is 13.7 Å². The van der Waals surface area contributed by atoms with Crippen molar-refractivity contribution >= 4 is 11.6 Å². The third kappa shape index (κ3) is 2.23. The van der Waals surface area contributed by atoms with Gasteiger partial charge in [-0.05, 0) is 17.7 Å². The predicted octanol–water partition coefficient (Wildman–Crippen LogP) is 3.37. The molecule has 20 heavy (non-hydrogen) atoms. The quantitative estimate of drug-likeness (QED) is 0.942. The number of benzene rings is 2. The number of aliphatic hydroxyl groups excluding tert-OH is 1. The highest BCUT2D eigenvalue weighted by molar-refractivity contribution is 6.30. The summed E-state index contributed by atoms with van der Waals surface area (Å²) >= 11 is 5.95. The van der Waals surface area contributed by atoms with Gasteiger partial charge in [-0.1, -0.05) is 35.9 Å². The number of halogens is 1. The Hall–Kier alpha value is -1.71. The zero-order chi connectivity index (χ0) is 14.1. The van der Waals surface area contributed by atoms with Gasteiger partial charge in [-0.15, -0.1) is 0 Å². The number of rotatable bonds is 3. The lowest BCUT2D eigenvalue weighted by molar-refractivity contribution is 0.208. The fourth-order valence-corrected chi connectivity index (χ4v) is 2.70. The van der Waals surface area contributed by atoms with E-state index in [-0.39, 0.29) is 0 Å². The standard InChI is InChI=1S/C16H15ClO3/c1-19-14-9-11(17)5-6-12(14)15(18)13-4-2-3-10-7-8-20-16(10)13/h2-6,9,15,18H,7-8H2,1H3. The lowest BCUT2D eigenvalue weighted by Gasteiger charge is -2.17. The first-order chi connectivity index (χ1) is 9.70. The van der Waals surface area contributed by atoms with Crippen LogP contribution < -0.4 is 9.47 Å². The van der Waals surface area contributed by atoms with E-state index in [1.54, 1.807) is 25.3 Å². The highest BCUT2D eigenvalue weighted by Gasteiger charge is 2.23. The number of fused-ring (bicyclic) bond motifs is 1. The Morgan fingerprint density at radius 3 is 2.90 bits per heavy atom. The Kier molecular flexibility index (Phi) is 3.55. The van der Waals surface area contributed by atoms with Crippen molar-refractivity contribution in [3.05, 3.63) is 58.1 Å². The van der Waals surface area contributed by atoms with Crippen LogP contribution in [0.1, 0.15) is 22.8 Å². The maximum Gasteiger partial charge on any atom is 0.128 e. The van der Waals surface area contributed by atoms with Crippen molar-refractivity contribution in [3.8, 4) is 11.5 Å². The molecule has 4 heteroatoms. The van der Waals surface area contributed by atoms with Crippen LogP contribution in [-0.4, -0.2) is 18.8 Å². The molecule has 0 saturated heterocycles. The molecule has 0 aliphatic carbocycles. The Morgan fingerprint density at radius 2 is 2.10 bits per heavy atom. The van der Waals surface area contributed by atoms with E-state index in [1.165, 1.54) is 0 Å². The highest BCUT2D eigenvalue weighted by Crippen LogP contribution is 2.39. The van der Waals surface area contributed by atoms with Crippen LogP contribution in [-0.2, 0) is 6.42 Å². The van der Waals surface area contributed by atoms with Crippen LogP contribution in [0.5, 0.6) is 11.5 Å². The molecule has 0 bridgehead atoms. The summed E-state index contributed by atoms with van der Waals surface area (Å²) in [6.07, 6.45) is 0.0865.